The number of carbonyl (C=O) groups is 1. The number of ether oxygens (including phenoxy) is 2. The lowest BCUT2D eigenvalue weighted by atomic mass is 10.2. The van der Waals surface area contributed by atoms with E-state index in [0.29, 0.717) is 19.0 Å². The van der Waals surface area contributed by atoms with Crippen LogP contribution in [0.15, 0.2) is 60.7 Å². The van der Waals surface area contributed by atoms with E-state index in [1.54, 1.807) is 0 Å². The van der Waals surface area contributed by atoms with Crippen LogP contribution in [0.3, 0.4) is 0 Å². The van der Waals surface area contributed by atoms with Gasteiger partial charge in [-0.15, -0.1) is 0 Å². The first-order valence-corrected chi connectivity index (χ1v) is 8.71. The predicted octanol–water partition coefficient (Wildman–Crippen LogP) is 4.48. The summed E-state index contributed by atoms with van der Waals surface area (Å²) in [5.41, 5.74) is 2.43. The lowest BCUT2D eigenvalue weighted by Gasteiger charge is -2.13. The largest absolute Gasteiger partial charge is 0.494 e. The standard InChI is InChI=1S/C21H26N2O3/c1-4-13-25-18-11-9-17(10-12-18)23-21(24)14-22-19-7-5-6-8-20(19)26-15-16(2)3/h5-12,22H,2,4,13-15H2,1,3H3,(H,23,24). The minimum Gasteiger partial charge on any atom is -0.494 e. The molecule has 0 heterocycles. The second-order valence-corrected chi connectivity index (χ2v) is 6.02. The lowest BCUT2D eigenvalue weighted by molar-refractivity contribution is -0.114. The van der Waals surface area contributed by atoms with E-state index in [2.05, 4.69) is 24.1 Å². The number of benzene rings is 2. The molecule has 2 N–H and O–H groups in total. The molecule has 138 valence electrons. The van der Waals surface area contributed by atoms with E-state index in [0.717, 1.165) is 29.1 Å². The Morgan fingerprint density at radius 2 is 1.81 bits per heavy atom. The summed E-state index contributed by atoms with van der Waals surface area (Å²) in [7, 11) is 0. The molecule has 0 radical (unpaired) electrons. The maximum Gasteiger partial charge on any atom is 0.243 e. The number of anilines is 2. The van der Waals surface area contributed by atoms with Crippen LogP contribution < -0.4 is 20.1 Å². The van der Waals surface area contributed by atoms with Gasteiger partial charge in [-0.25, -0.2) is 0 Å². The monoisotopic (exact) mass is 354 g/mol. The molecule has 0 bridgehead atoms. The fourth-order valence-electron chi connectivity index (χ4n) is 2.17. The molecule has 0 atom stereocenters. The zero-order chi connectivity index (χ0) is 18.8. The fraction of sp³-hybridized carbons (Fsp3) is 0.286. The molecule has 26 heavy (non-hydrogen) atoms. The molecule has 0 aromatic heterocycles. The van der Waals surface area contributed by atoms with Gasteiger partial charge in [-0.2, -0.15) is 0 Å². The summed E-state index contributed by atoms with van der Waals surface area (Å²) in [4.78, 5) is 12.2. The highest BCUT2D eigenvalue weighted by atomic mass is 16.5. The van der Waals surface area contributed by atoms with Crippen LogP contribution >= 0.6 is 0 Å². The summed E-state index contributed by atoms with van der Waals surface area (Å²) in [5, 5.41) is 5.96. The molecule has 0 saturated carbocycles. The zero-order valence-electron chi connectivity index (χ0n) is 15.4. The van der Waals surface area contributed by atoms with Gasteiger partial charge in [0, 0.05) is 5.69 Å². The summed E-state index contributed by atoms with van der Waals surface area (Å²) < 4.78 is 11.2. The van der Waals surface area contributed by atoms with E-state index < -0.39 is 0 Å². The number of nitrogens with one attached hydrogen (secondary N) is 2. The third-order valence-corrected chi connectivity index (χ3v) is 3.41. The second-order valence-electron chi connectivity index (χ2n) is 6.02. The van der Waals surface area contributed by atoms with Gasteiger partial charge in [-0.3, -0.25) is 4.79 Å². The zero-order valence-corrected chi connectivity index (χ0v) is 15.4. The first-order chi connectivity index (χ1) is 12.6. The minimum atomic E-state index is -0.137. The van der Waals surface area contributed by atoms with Gasteiger partial charge in [-0.05, 0) is 55.3 Å². The normalized spacial score (nSPS) is 10.1. The highest BCUT2D eigenvalue weighted by molar-refractivity contribution is 5.94. The number of amides is 1. The van der Waals surface area contributed by atoms with Gasteiger partial charge < -0.3 is 20.1 Å². The van der Waals surface area contributed by atoms with E-state index in [9.17, 15) is 4.79 Å². The third kappa shape index (κ3) is 6.51. The van der Waals surface area contributed by atoms with Crippen molar-refractivity contribution >= 4 is 17.3 Å². The summed E-state index contributed by atoms with van der Waals surface area (Å²) in [6.45, 7) is 9.05. The first kappa shape index (κ1) is 19.4. The van der Waals surface area contributed by atoms with Crippen LogP contribution in [-0.2, 0) is 4.79 Å². The van der Waals surface area contributed by atoms with Crippen molar-refractivity contribution in [3.63, 3.8) is 0 Å². The fourth-order valence-corrected chi connectivity index (χ4v) is 2.17. The number of hydrogen-bond acceptors (Lipinski definition) is 4. The quantitative estimate of drug-likeness (QED) is 0.618. The summed E-state index contributed by atoms with van der Waals surface area (Å²) >= 11 is 0. The van der Waals surface area contributed by atoms with Crippen LogP contribution in [0.25, 0.3) is 0 Å². The Labute approximate surface area is 155 Å². The molecule has 0 aliphatic carbocycles. The molecule has 0 aliphatic rings. The number of hydrogen-bond donors (Lipinski definition) is 2. The van der Waals surface area contributed by atoms with Gasteiger partial charge in [0.05, 0.1) is 18.8 Å². The van der Waals surface area contributed by atoms with Crippen molar-refractivity contribution in [3.05, 3.63) is 60.7 Å². The molecule has 2 aromatic rings. The Balaban J connectivity index is 1.86. The maximum absolute atomic E-state index is 12.2. The molecule has 2 rings (SSSR count). The van der Waals surface area contributed by atoms with Gasteiger partial charge in [-0.1, -0.05) is 25.6 Å². The number of rotatable bonds is 10. The van der Waals surface area contributed by atoms with Crippen LogP contribution in [0, 0.1) is 0 Å². The maximum atomic E-state index is 12.2. The number of carbonyl (C=O) groups excluding carboxylic acids is 1. The first-order valence-electron chi connectivity index (χ1n) is 8.71. The van der Waals surface area contributed by atoms with Gasteiger partial charge >= 0.3 is 0 Å². The van der Waals surface area contributed by atoms with E-state index in [4.69, 9.17) is 9.47 Å². The Morgan fingerprint density at radius 1 is 1.08 bits per heavy atom. The van der Waals surface area contributed by atoms with Crippen molar-refractivity contribution in [2.75, 3.05) is 30.4 Å². The molecule has 0 aliphatic heterocycles. The molecule has 0 unspecified atom stereocenters. The van der Waals surface area contributed by atoms with E-state index in [1.807, 2.05) is 55.5 Å². The Morgan fingerprint density at radius 3 is 2.50 bits per heavy atom. The summed E-state index contributed by atoms with van der Waals surface area (Å²) in [6.07, 6.45) is 0.960. The third-order valence-electron chi connectivity index (χ3n) is 3.41. The van der Waals surface area contributed by atoms with Crippen LogP contribution in [0.5, 0.6) is 11.5 Å². The van der Waals surface area contributed by atoms with Crippen molar-refractivity contribution in [1.29, 1.82) is 0 Å². The minimum absolute atomic E-state index is 0.137. The van der Waals surface area contributed by atoms with Gasteiger partial charge in [0.2, 0.25) is 5.91 Å². The Bertz CT molecular complexity index is 726. The van der Waals surface area contributed by atoms with Crippen molar-refractivity contribution in [2.24, 2.45) is 0 Å². The molecule has 0 saturated heterocycles. The predicted molar refractivity (Wildman–Crippen MR) is 106 cm³/mol. The van der Waals surface area contributed by atoms with Gasteiger partial charge in [0.1, 0.15) is 18.1 Å². The van der Waals surface area contributed by atoms with Crippen molar-refractivity contribution in [1.82, 2.24) is 0 Å². The molecule has 5 nitrogen and oxygen atoms in total. The summed E-state index contributed by atoms with van der Waals surface area (Å²) in [6, 6.07) is 14.9. The summed E-state index contributed by atoms with van der Waals surface area (Å²) in [5.74, 6) is 1.36. The van der Waals surface area contributed by atoms with Crippen molar-refractivity contribution < 1.29 is 14.3 Å². The molecule has 2 aromatic carbocycles. The average Bonchev–Trinajstić information content (AvgIpc) is 2.64. The van der Waals surface area contributed by atoms with Crippen molar-refractivity contribution in [2.45, 2.75) is 20.3 Å². The van der Waals surface area contributed by atoms with E-state index in [1.165, 1.54) is 0 Å². The van der Waals surface area contributed by atoms with E-state index >= 15 is 0 Å². The number of para-hydroxylation sites is 2. The molecule has 5 heteroatoms. The topological polar surface area (TPSA) is 59.6 Å². The lowest BCUT2D eigenvalue weighted by Crippen LogP contribution is -2.22. The highest BCUT2D eigenvalue weighted by Crippen LogP contribution is 2.24. The van der Waals surface area contributed by atoms with Crippen molar-refractivity contribution in [3.8, 4) is 11.5 Å². The average molecular weight is 354 g/mol. The van der Waals surface area contributed by atoms with Crippen LogP contribution in [-0.4, -0.2) is 25.7 Å². The molecule has 1 amide bonds. The highest BCUT2D eigenvalue weighted by Gasteiger charge is 2.06. The Hall–Kier alpha value is -2.95. The molecular weight excluding hydrogens is 328 g/mol. The smallest absolute Gasteiger partial charge is 0.243 e. The van der Waals surface area contributed by atoms with E-state index in [-0.39, 0.29) is 12.5 Å². The molecule has 0 spiro atoms. The Kier molecular flexibility index (Phi) is 7.55. The van der Waals surface area contributed by atoms with Crippen LogP contribution in [0.2, 0.25) is 0 Å². The van der Waals surface area contributed by atoms with Gasteiger partial charge in [0.15, 0.2) is 0 Å². The van der Waals surface area contributed by atoms with Gasteiger partial charge in [0.25, 0.3) is 0 Å². The molecular formula is C21H26N2O3. The SMILES string of the molecule is C=C(C)COc1ccccc1NCC(=O)Nc1ccc(OCCC)cc1. The molecule has 0 fully saturated rings. The second kappa shape index (κ2) is 10.1. The van der Waals surface area contributed by atoms with Crippen LogP contribution in [0.4, 0.5) is 11.4 Å². The van der Waals surface area contributed by atoms with Crippen LogP contribution in [0.1, 0.15) is 20.3 Å².